The minimum atomic E-state index is -1.05. The van der Waals surface area contributed by atoms with Crippen molar-refractivity contribution < 1.29 is 19.4 Å². The Morgan fingerprint density at radius 3 is 2.57 bits per heavy atom. The number of carboxylic acids is 1. The first kappa shape index (κ1) is 16.0. The van der Waals surface area contributed by atoms with E-state index in [0.717, 1.165) is 25.9 Å². The highest BCUT2D eigenvalue weighted by molar-refractivity contribution is 5.79. The molecule has 2 saturated heterocycles. The molecule has 2 heterocycles. The molecule has 2 atom stereocenters. The third-order valence-corrected chi connectivity index (χ3v) is 4.80. The molecule has 7 heteroatoms. The van der Waals surface area contributed by atoms with Crippen LogP contribution in [-0.2, 0) is 9.53 Å². The molecule has 120 valence electrons. The van der Waals surface area contributed by atoms with Crippen molar-refractivity contribution >= 4 is 12.0 Å². The number of urea groups is 1. The predicted octanol–water partition coefficient (Wildman–Crippen LogP) is 0.212. The van der Waals surface area contributed by atoms with Crippen LogP contribution >= 0.6 is 0 Å². The second kappa shape index (κ2) is 6.19. The second-order valence-electron chi connectivity index (χ2n) is 6.39. The number of likely N-dealkylation sites (tertiary alicyclic amines) is 1. The average molecular weight is 299 g/mol. The summed E-state index contributed by atoms with van der Waals surface area (Å²) in [6.45, 7) is 3.94. The Morgan fingerprint density at radius 2 is 2.00 bits per heavy atom. The quantitative estimate of drug-likeness (QED) is 0.778. The Bertz CT molecular complexity index is 409. The van der Waals surface area contributed by atoms with Crippen LogP contribution in [0.4, 0.5) is 4.79 Å². The molecule has 0 radical (unpaired) electrons. The van der Waals surface area contributed by atoms with Crippen molar-refractivity contribution in [3.05, 3.63) is 0 Å². The van der Waals surface area contributed by atoms with E-state index < -0.39 is 17.4 Å². The standard InChI is InChI=1S/C14H25N3O4/c1-14(12(18)19)9-21-8-11(14)15-13(20)17(3)10-4-6-16(2)7-5-10/h10-11H,4-9H2,1-3H3,(H,15,20)(H,18,19). The summed E-state index contributed by atoms with van der Waals surface area (Å²) < 4.78 is 5.25. The van der Waals surface area contributed by atoms with Crippen LogP contribution in [0.2, 0.25) is 0 Å². The molecule has 0 saturated carbocycles. The lowest BCUT2D eigenvalue weighted by atomic mass is 9.85. The number of rotatable bonds is 3. The summed E-state index contributed by atoms with van der Waals surface area (Å²) in [5, 5.41) is 12.1. The minimum Gasteiger partial charge on any atom is -0.481 e. The molecule has 0 aromatic carbocycles. The monoisotopic (exact) mass is 299 g/mol. The fourth-order valence-electron chi connectivity index (χ4n) is 2.88. The molecule has 0 aromatic rings. The first-order valence-corrected chi connectivity index (χ1v) is 7.37. The average Bonchev–Trinajstić information content (AvgIpc) is 2.81. The third-order valence-electron chi connectivity index (χ3n) is 4.80. The molecule has 21 heavy (non-hydrogen) atoms. The van der Waals surface area contributed by atoms with Gasteiger partial charge in [0, 0.05) is 13.1 Å². The Balaban J connectivity index is 1.93. The van der Waals surface area contributed by atoms with Crippen molar-refractivity contribution in [3.63, 3.8) is 0 Å². The van der Waals surface area contributed by atoms with Crippen LogP contribution in [-0.4, -0.2) is 79.4 Å². The summed E-state index contributed by atoms with van der Waals surface area (Å²) in [6.07, 6.45) is 1.88. The fraction of sp³-hybridized carbons (Fsp3) is 0.857. The normalized spacial score (nSPS) is 31.1. The van der Waals surface area contributed by atoms with E-state index >= 15 is 0 Å². The molecule has 2 amide bonds. The van der Waals surface area contributed by atoms with Crippen molar-refractivity contribution in [2.45, 2.75) is 31.8 Å². The van der Waals surface area contributed by atoms with Crippen LogP contribution < -0.4 is 5.32 Å². The van der Waals surface area contributed by atoms with Crippen molar-refractivity contribution in [1.29, 1.82) is 0 Å². The SMILES string of the molecule is CN1CCC(N(C)C(=O)NC2COCC2(C)C(=O)O)CC1. The van der Waals surface area contributed by atoms with Crippen LogP contribution in [0.3, 0.4) is 0 Å². The Labute approximate surface area is 125 Å². The number of hydrogen-bond donors (Lipinski definition) is 2. The number of hydrogen-bond acceptors (Lipinski definition) is 4. The van der Waals surface area contributed by atoms with Gasteiger partial charge in [-0.15, -0.1) is 0 Å². The van der Waals surface area contributed by atoms with Gasteiger partial charge >= 0.3 is 12.0 Å². The molecule has 0 bridgehead atoms. The molecule has 0 aliphatic carbocycles. The molecule has 2 rings (SSSR count). The molecule has 2 unspecified atom stereocenters. The van der Waals surface area contributed by atoms with E-state index in [1.807, 2.05) is 0 Å². The van der Waals surface area contributed by atoms with Gasteiger partial charge in [0.15, 0.2) is 0 Å². The molecule has 0 spiro atoms. The van der Waals surface area contributed by atoms with E-state index in [0.29, 0.717) is 0 Å². The number of nitrogens with zero attached hydrogens (tertiary/aromatic N) is 2. The van der Waals surface area contributed by atoms with E-state index in [1.165, 1.54) is 0 Å². The maximum Gasteiger partial charge on any atom is 0.317 e. The van der Waals surface area contributed by atoms with Crippen molar-refractivity contribution in [1.82, 2.24) is 15.1 Å². The Hall–Kier alpha value is -1.34. The highest BCUT2D eigenvalue weighted by atomic mass is 16.5. The van der Waals surface area contributed by atoms with Gasteiger partial charge in [-0.2, -0.15) is 0 Å². The van der Waals surface area contributed by atoms with E-state index in [-0.39, 0.29) is 25.3 Å². The summed E-state index contributed by atoms with van der Waals surface area (Å²) in [5.74, 6) is -0.938. The third kappa shape index (κ3) is 3.29. The Kier molecular flexibility index (Phi) is 4.73. The highest BCUT2D eigenvalue weighted by Gasteiger charge is 2.47. The number of piperidine rings is 1. The summed E-state index contributed by atoms with van der Waals surface area (Å²) >= 11 is 0. The lowest BCUT2D eigenvalue weighted by Gasteiger charge is -2.36. The largest absolute Gasteiger partial charge is 0.481 e. The van der Waals surface area contributed by atoms with Crippen LogP contribution in [0, 0.1) is 5.41 Å². The predicted molar refractivity (Wildman–Crippen MR) is 77.2 cm³/mol. The molecular formula is C14H25N3O4. The number of nitrogens with one attached hydrogen (secondary N) is 1. The topological polar surface area (TPSA) is 82.1 Å². The Morgan fingerprint density at radius 1 is 1.38 bits per heavy atom. The van der Waals surface area contributed by atoms with Gasteiger partial charge in [-0.25, -0.2) is 4.79 Å². The summed E-state index contributed by atoms with van der Waals surface area (Å²) in [4.78, 5) is 27.7. The number of ether oxygens (including phenoxy) is 1. The van der Waals surface area contributed by atoms with Gasteiger partial charge in [0.25, 0.3) is 0 Å². The van der Waals surface area contributed by atoms with Gasteiger partial charge < -0.3 is 25.0 Å². The molecule has 2 N–H and O–H groups in total. The number of amides is 2. The van der Waals surface area contributed by atoms with E-state index in [4.69, 9.17) is 4.74 Å². The van der Waals surface area contributed by atoms with E-state index in [2.05, 4.69) is 17.3 Å². The van der Waals surface area contributed by atoms with Gasteiger partial charge in [-0.1, -0.05) is 0 Å². The van der Waals surface area contributed by atoms with Crippen molar-refractivity contribution in [3.8, 4) is 0 Å². The molecule has 2 fully saturated rings. The first-order chi connectivity index (χ1) is 9.84. The molecule has 2 aliphatic rings. The lowest BCUT2D eigenvalue weighted by molar-refractivity contribution is -0.148. The van der Waals surface area contributed by atoms with Crippen LogP contribution in [0.1, 0.15) is 19.8 Å². The maximum absolute atomic E-state index is 12.3. The number of aliphatic carboxylic acids is 1. The zero-order valence-electron chi connectivity index (χ0n) is 13.0. The van der Waals surface area contributed by atoms with E-state index in [9.17, 15) is 14.7 Å². The number of carboxylic acid groups (broad SMARTS) is 1. The zero-order valence-corrected chi connectivity index (χ0v) is 13.0. The van der Waals surface area contributed by atoms with Crippen molar-refractivity contribution in [2.24, 2.45) is 5.41 Å². The fourth-order valence-corrected chi connectivity index (χ4v) is 2.88. The lowest BCUT2D eigenvalue weighted by Crippen LogP contribution is -2.55. The second-order valence-corrected chi connectivity index (χ2v) is 6.39. The maximum atomic E-state index is 12.3. The minimum absolute atomic E-state index is 0.130. The molecule has 7 nitrogen and oxygen atoms in total. The van der Waals surface area contributed by atoms with Gasteiger partial charge in [-0.05, 0) is 39.9 Å². The summed E-state index contributed by atoms with van der Waals surface area (Å²) in [5.41, 5.74) is -1.05. The van der Waals surface area contributed by atoms with E-state index in [1.54, 1.807) is 18.9 Å². The summed E-state index contributed by atoms with van der Waals surface area (Å²) in [6, 6.07) is -0.497. The molecule has 2 aliphatic heterocycles. The smallest absolute Gasteiger partial charge is 0.317 e. The first-order valence-electron chi connectivity index (χ1n) is 7.37. The number of carbonyl (C=O) groups excluding carboxylic acids is 1. The number of carbonyl (C=O) groups is 2. The van der Waals surface area contributed by atoms with Gasteiger partial charge in [0.05, 0.1) is 19.3 Å². The van der Waals surface area contributed by atoms with Crippen molar-refractivity contribution in [2.75, 3.05) is 40.4 Å². The van der Waals surface area contributed by atoms with Crippen LogP contribution in [0.5, 0.6) is 0 Å². The zero-order chi connectivity index (χ0) is 15.6. The van der Waals surface area contributed by atoms with Gasteiger partial charge in [0.1, 0.15) is 5.41 Å². The molecule has 0 aromatic heterocycles. The highest BCUT2D eigenvalue weighted by Crippen LogP contribution is 2.29. The van der Waals surface area contributed by atoms with Gasteiger partial charge in [0.2, 0.25) is 0 Å². The van der Waals surface area contributed by atoms with Crippen LogP contribution in [0.15, 0.2) is 0 Å². The van der Waals surface area contributed by atoms with Gasteiger partial charge in [-0.3, -0.25) is 4.79 Å². The van der Waals surface area contributed by atoms with Crippen LogP contribution in [0.25, 0.3) is 0 Å². The summed E-state index contributed by atoms with van der Waals surface area (Å²) in [7, 11) is 3.85. The molecular weight excluding hydrogens is 274 g/mol.